The monoisotopic (exact) mass is 486 g/mol. The minimum Gasteiger partial charge on any atom is -0.495 e. The van der Waals surface area contributed by atoms with Gasteiger partial charge in [0.1, 0.15) is 11.3 Å². The van der Waals surface area contributed by atoms with Crippen LogP contribution in [0.25, 0.3) is 33.3 Å². The van der Waals surface area contributed by atoms with Gasteiger partial charge in [-0.2, -0.15) is 0 Å². The van der Waals surface area contributed by atoms with E-state index < -0.39 is 18.5 Å². The fraction of sp³-hybridized carbons (Fsp3) is 0.0741. The van der Waals surface area contributed by atoms with Gasteiger partial charge in [-0.15, -0.1) is 0 Å². The van der Waals surface area contributed by atoms with Crippen LogP contribution in [0.1, 0.15) is 10.4 Å². The van der Waals surface area contributed by atoms with Crippen molar-refractivity contribution in [2.75, 3.05) is 19.0 Å². The lowest BCUT2D eigenvalue weighted by Gasteiger charge is -2.12. The van der Waals surface area contributed by atoms with Crippen LogP contribution in [-0.2, 0) is 9.53 Å². The van der Waals surface area contributed by atoms with Crippen LogP contribution in [0.3, 0.4) is 0 Å². The number of fused-ring (bicyclic) bond motifs is 2. The number of carbonyl (C=O) groups is 2. The summed E-state index contributed by atoms with van der Waals surface area (Å²) in [5, 5.41) is 4.52. The fourth-order valence-corrected chi connectivity index (χ4v) is 4.02. The number of amides is 1. The maximum atomic E-state index is 13.0. The van der Waals surface area contributed by atoms with Crippen LogP contribution in [0, 0.1) is 0 Å². The highest BCUT2D eigenvalue weighted by atomic mass is 35.5. The molecule has 0 fully saturated rings. The van der Waals surface area contributed by atoms with Gasteiger partial charge < -0.3 is 19.2 Å². The number of rotatable bonds is 6. The van der Waals surface area contributed by atoms with Gasteiger partial charge in [0.15, 0.2) is 12.2 Å². The zero-order valence-corrected chi connectivity index (χ0v) is 19.3. The quantitative estimate of drug-likeness (QED) is 0.291. The average molecular weight is 487 g/mol. The van der Waals surface area contributed by atoms with E-state index in [2.05, 4.69) is 10.3 Å². The highest BCUT2D eigenvalue weighted by Crippen LogP contribution is 2.33. The molecule has 5 aromatic rings. The van der Waals surface area contributed by atoms with Crippen LogP contribution in [0.4, 0.5) is 5.69 Å². The number of nitrogens with one attached hydrogen (secondary N) is 1. The van der Waals surface area contributed by atoms with Crippen molar-refractivity contribution in [1.82, 2.24) is 4.98 Å². The summed E-state index contributed by atoms with van der Waals surface area (Å²) in [6.07, 6.45) is 0. The van der Waals surface area contributed by atoms with Crippen LogP contribution in [-0.4, -0.2) is 30.6 Å². The van der Waals surface area contributed by atoms with Gasteiger partial charge in [0.05, 0.1) is 18.4 Å². The summed E-state index contributed by atoms with van der Waals surface area (Å²) >= 11 is 6.01. The topological polar surface area (TPSA) is 90.7 Å². The predicted molar refractivity (Wildman–Crippen MR) is 134 cm³/mol. The van der Waals surface area contributed by atoms with Crippen molar-refractivity contribution in [1.29, 1.82) is 0 Å². The molecular formula is C27H19ClN2O5. The molecule has 5 rings (SSSR count). The van der Waals surface area contributed by atoms with Crippen molar-refractivity contribution < 1.29 is 23.5 Å². The van der Waals surface area contributed by atoms with Crippen molar-refractivity contribution >= 4 is 51.0 Å². The van der Waals surface area contributed by atoms with Gasteiger partial charge >= 0.3 is 5.97 Å². The normalized spacial score (nSPS) is 10.9. The fourth-order valence-electron chi connectivity index (χ4n) is 3.85. The van der Waals surface area contributed by atoms with Gasteiger partial charge in [-0.25, -0.2) is 9.78 Å². The molecule has 0 spiro atoms. The van der Waals surface area contributed by atoms with Crippen LogP contribution in [0.2, 0.25) is 5.02 Å². The van der Waals surface area contributed by atoms with Crippen LogP contribution in [0.5, 0.6) is 5.75 Å². The van der Waals surface area contributed by atoms with E-state index in [-0.39, 0.29) is 0 Å². The summed E-state index contributed by atoms with van der Waals surface area (Å²) in [4.78, 5) is 30.1. The number of hydrogen-bond acceptors (Lipinski definition) is 6. The number of hydrogen-bond donors (Lipinski definition) is 1. The van der Waals surface area contributed by atoms with Crippen molar-refractivity contribution in [2.24, 2.45) is 0 Å². The van der Waals surface area contributed by atoms with E-state index in [1.807, 2.05) is 48.5 Å². The molecule has 35 heavy (non-hydrogen) atoms. The molecule has 174 valence electrons. The number of nitrogens with zero attached hydrogens (tertiary/aromatic N) is 1. The Bertz CT molecular complexity index is 1540. The number of ether oxygens (including phenoxy) is 2. The first-order valence-electron chi connectivity index (χ1n) is 10.7. The zero-order valence-electron chi connectivity index (χ0n) is 18.6. The minimum atomic E-state index is -0.646. The summed E-state index contributed by atoms with van der Waals surface area (Å²) in [5.74, 6) is -0.348. The number of oxazole rings is 1. The Hall–Kier alpha value is -4.36. The van der Waals surface area contributed by atoms with Crippen LogP contribution < -0.4 is 10.1 Å². The SMILES string of the molecule is COc1ccc(Cl)cc1NC(=O)COC(=O)c1cccc2cccc(-c3nc4ccccc4o3)c12. The van der Waals surface area contributed by atoms with Crippen molar-refractivity contribution in [2.45, 2.75) is 0 Å². The van der Waals surface area contributed by atoms with E-state index in [9.17, 15) is 9.59 Å². The molecule has 0 unspecified atom stereocenters. The third-order valence-corrected chi connectivity index (χ3v) is 5.65. The van der Waals surface area contributed by atoms with E-state index in [0.29, 0.717) is 50.0 Å². The third kappa shape index (κ3) is 4.54. The molecular weight excluding hydrogens is 468 g/mol. The first-order chi connectivity index (χ1) is 17.0. The second kappa shape index (κ2) is 9.48. The first-order valence-corrected chi connectivity index (χ1v) is 11.1. The Kier molecular flexibility index (Phi) is 6.08. The molecule has 0 aliphatic rings. The van der Waals surface area contributed by atoms with Gasteiger partial charge in [-0.1, -0.05) is 48.0 Å². The maximum absolute atomic E-state index is 13.0. The Morgan fingerprint density at radius 2 is 1.80 bits per heavy atom. The molecule has 1 N–H and O–H groups in total. The number of esters is 1. The molecule has 0 aliphatic heterocycles. The standard InChI is InChI=1S/C27H19ClN2O5/c1-33-22-13-12-17(28)14-21(22)29-24(31)15-34-27(32)19-9-5-7-16-6-4-8-18(25(16)19)26-30-20-10-2-3-11-23(20)35-26/h2-14H,15H2,1H3,(H,29,31). The molecule has 8 heteroatoms. The van der Waals surface area contributed by atoms with E-state index >= 15 is 0 Å². The Balaban J connectivity index is 1.41. The second-order valence-corrected chi connectivity index (χ2v) is 8.10. The number of aromatic nitrogens is 1. The summed E-state index contributed by atoms with van der Waals surface area (Å²) in [7, 11) is 1.48. The maximum Gasteiger partial charge on any atom is 0.339 e. The number of para-hydroxylation sites is 2. The summed E-state index contributed by atoms with van der Waals surface area (Å²) < 4.78 is 16.5. The largest absolute Gasteiger partial charge is 0.495 e. The van der Waals surface area contributed by atoms with Crippen molar-refractivity contribution in [3.8, 4) is 17.2 Å². The minimum absolute atomic E-state index is 0.300. The molecule has 7 nitrogen and oxygen atoms in total. The van der Waals surface area contributed by atoms with E-state index in [1.54, 1.807) is 30.3 Å². The molecule has 0 saturated carbocycles. The average Bonchev–Trinajstić information content (AvgIpc) is 3.31. The van der Waals surface area contributed by atoms with Gasteiger partial charge in [0.2, 0.25) is 5.89 Å². The lowest BCUT2D eigenvalue weighted by molar-refractivity contribution is -0.119. The number of benzene rings is 4. The Morgan fingerprint density at radius 1 is 1.00 bits per heavy atom. The van der Waals surface area contributed by atoms with Crippen LogP contribution >= 0.6 is 11.6 Å². The first kappa shape index (κ1) is 22.4. The molecule has 0 saturated heterocycles. The molecule has 1 aromatic heterocycles. The summed E-state index contributed by atoms with van der Waals surface area (Å²) in [5.41, 5.74) is 2.69. The second-order valence-electron chi connectivity index (χ2n) is 7.66. The summed E-state index contributed by atoms with van der Waals surface area (Å²) in [6.45, 7) is -0.490. The van der Waals surface area contributed by atoms with Gasteiger partial charge in [-0.05, 0) is 47.9 Å². The molecule has 1 heterocycles. The smallest absolute Gasteiger partial charge is 0.339 e. The highest BCUT2D eigenvalue weighted by molar-refractivity contribution is 6.31. The van der Waals surface area contributed by atoms with E-state index in [4.69, 9.17) is 25.5 Å². The zero-order chi connectivity index (χ0) is 24.4. The number of carbonyl (C=O) groups excluding carboxylic acids is 2. The number of anilines is 1. The molecule has 4 aromatic carbocycles. The Labute approximate surface area is 205 Å². The molecule has 0 bridgehead atoms. The van der Waals surface area contributed by atoms with E-state index in [0.717, 1.165) is 5.39 Å². The molecule has 1 amide bonds. The van der Waals surface area contributed by atoms with E-state index in [1.165, 1.54) is 7.11 Å². The van der Waals surface area contributed by atoms with Gasteiger partial charge in [0, 0.05) is 16.0 Å². The predicted octanol–water partition coefficient (Wildman–Crippen LogP) is 6.11. The highest BCUT2D eigenvalue weighted by Gasteiger charge is 2.19. The lowest BCUT2D eigenvalue weighted by atomic mass is 9.99. The van der Waals surface area contributed by atoms with Crippen molar-refractivity contribution in [3.05, 3.63) is 89.4 Å². The molecule has 0 radical (unpaired) electrons. The molecule has 0 aliphatic carbocycles. The van der Waals surface area contributed by atoms with Gasteiger partial charge in [0.25, 0.3) is 5.91 Å². The summed E-state index contributed by atoms with van der Waals surface area (Å²) in [6, 6.07) is 23.1. The third-order valence-electron chi connectivity index (χ3n) is 5.42. The Morgan fingerprint density at radius 3 is 2.60 bits per heavy atom. The lowest BCUT2D eigenvalue weighted by Crippen LogP contribution is -2.21. The number of methoxy groups -OCH3 is 1. The van der Waals surface area contributed by atoms with Gasteiger partial charge in [-0.3, -0.25) is 4.79 Å². The van der Waals surface area contributed by atoms with Crippen molar-refractivity contribution in [3.63, 3.8) is 0 Å². The molecule has 0 atom stereocenters. The number of halogens is 1. The van der Waals surface area contributed by atoms with Crippen LogP contribution in [0.15, 0.2) is 83.3 Å².